The number of nitrogens with zero attached hydrogens (tertiary/aromatic N) is 5. The summed E-state index contributed by atoms with van der Waals surface area (Å²) in [7, 11) is 1.86. The number of pyridine rings is 2. The number of rotatable bonds is 4. The van der Waals surface area contributed by atoms with E-state index in [2.05, 4.69) is 33.0 Å². The lowest BCUT2D eigenvalue weighted by Gasteiger charge is -2.29. The van der Waals surface area contributed by atoms with Crippen molar-refractivity contribution in [2.75, 3.05) is 18.1 Å². The third-order valence-electron chi connectivity index (χ3n) is 5.10. The lowest BCUT2D eigenvalue weighted by molar-refractivity contribution is 0.0526. The number of fused-ring (bicyclic) bond motifs is 1. The summed E-state index contributed by atoms with van der Waals surface area (Å²) in [6, 6.07) is 4.19. The summed E-state index contributed by atoms with van der Waals surface area (Å²) in [6.45, 7) is 5.21. The predicted molar refractivity (Wildman–Crippen MR) is 103 cm³/mol. The van der Waals surface area contributed by atoms with Crippen LogP contribution in [0.1, 0.15) is 42.2 Å². The Morgan fingerprint density at radius 1 is 1.33 bits per heavy atom. The third-order valence-corrected chi connectivity index (χ3v) is 5.10. The van der Waals surface area contributed by atoms with Crippen LogP contribution in [0, 0.1) is 5.92 Å². The fourth-order valence-electron chi connectivity index (χ4n) is 3.93. The summed E-state index contributed by atoms with van der Waals surface area (Å²) in [5.74, 6) is 0.139. The standard InChI is InChI=1S/C20H23N5O2/c1-4-27-20(26)16-10-22-19-15(11-23-24(19)3)18(16)25-12-13(2)8-17(25)14-6-5-7-21-9-14/h5-7,9-11,13,17H,4,8,12H2,1-3H3. The number of carbonyl (C=O) groups excluding carboxylic acids is 1. The number of aryl methyl sites for hydroxylation is 1. The first-order valence-electron chi connectivity index (χ1n) is 9.24. The van der Waals surface area contributed by atoms with Crippen LogP contribution in [0.4, 0.5) is 5.69 Å². The molecule has 0 radical (unpaired) electrons. The molecule has 3 aromatic heterocycles. The van der Waals surface area contributed by atoms with E-state index in [9.17, 15) is 4.79 Å². The van der Waals surface area contributed by atoms with Gasteiger partial charge in [-0.3, -0.25) is 9.67 Å². The van der Waals surface area contributed by atoms with Gasteiger partial charge in [-0.25, -0.2) is 9.78 Å². The average molecular weight is 365 g/mol. The van der Waals surface area contributed by atoms with Gasteiger partial charge in [0.05, 0.1) is 29.9 Å². The van der Waals surface area contributed by atoms with Crippen molar-refractivity contribution < 1.29 is 9.53 Å². The Morgan fingerprint density at radius 3 is 2.93 bits per heavy atom. The maximum absolute atomic E-state index is 12.7. The highest BCUT2D eigenvalue weighted by Gasteiger charge is 2.35. The number of carbonyl (C=O) groups is 1. The maximum Gasteiger partial charge on any atom is 0.341 e. The van der Waals surface area contributed by atoms with Gasteiger partial charge in [-0.1, -0.05) is 13.0 Å². The van der Waals surface area contributed by atoms with E-state index >= 15 is 0 Å². The minimum absolute atomic E-state index is 0.146. The molecule has 4 rings (SSSR count). The van der Waals surface area contributed by atoms with E-state index in [1.807, 2.05) is 26.2 Å². The van der Waals surface area contributed by atoms with Crippen LogP contribution >= 0.6 is 0 Å². The van der Waals surface area contributed by atoms with Gasteiger partial charge in [0.1, 0.15) is 5.56 Å². The van der Waals surface area contributed by atoms with Crippen LogP contribution < -0.4 is 4.90 Å². The van der Waals surface area contributed by atoms with Gasteiger partial charge in [-0.2, -0.15) is 5.10 Å². The van der Waals surface area contributed by atoms with Crippen molar-refractivity contribution in [1.29, 1.82) is 0 Å². The van der Waals surface area contributed by atoms with E-state index < -0.39 is 0 Å². The van der Waals surface area contributed by atoms with E-state index in [1.54, 1.807) is 23.3 Å². The second-order valence-corrected chi connectivity index (χ2v) is 7.04. The van der Waals surface area contributed by atoms with Crippen LogP contribution in [0.15, 0.2) is 36.9 Å². The molecule has 1 fully saturated rings. The van der Waals surface area contributed by atoms with Gasteiger partial charge in [-0.05, 0) is 30.9 Å². The summed E-state index contributed by atoms with van der Waals surface area (Å²) in [5.41, 5.74) is 3.23. The lowest BCUT2D eigenvalue weighted by Crippen LogP contribution is -2.26. The van der Waals surface area contributed by atoms with Crippen molar-refractivity contribution in [1.82, 2.24) is 19.7 Å². The molecule has 1 saturated heterocycles. The molecule has 0 N–H and O–H groups in total. The molecular formula is C20H23N5O2. The highest BCUT2D eigenvalue weighted by molar-refractivity contribution is 6.04. The molecule has 2 atom stereocenters. The molecule has 1 aliphatic rings. The van der Waals surface area contributed by atoms with Crippen molar-refractivity contribution in [2.24, 2.45) is 13.0 Å². The van der Waals surface area contributed by atoms with E-state index in [4.69, 9.17) is 4.74 Å². The summed E-state index contributed by atoms with van der Waals surface area (Å²) in [4.78, 5) is 23.7. The SMILES string of the molecule is CCOC(=O)c1cnc2c(cnn2C)c1N1CC(C)CC1c1cccnc1. The topological polar surface area (TPSA) is 73.1 Å². The molecule has 27 heavy (non-hydrogen) atoms. The first-order chi connectivity index (χ1) is 13.1. The van der Waals surface area contributed by atoms with Crippen LogP contribution in [-0.4, -0.2) is 38.9 Å². The highest BCUT2D eigenvalue weighted by Crippen LogP contribution is 2.42. The minimum atomic E-state index is -0.352. The number of anilines is 1. The van der Waals surface area contributed by atoms with Gasteiger partial charge in [0.15, 0.2) is 5.65 Å². The Labute approximate surface area is 158 Å². The summed E-state index contributed by atoms with van der Waals surface area (Å²) in [6.07, 6.45) is 8.08. The Kier molecular flexibility index (Phi) is 4.51. The number of aromatic nitrogens is 4. The average Bonchev–Trinajstić information content (AvgIpc) is 3.25. The second-order valence-electron chi connectivity index (χ2n) is 7.04. The van der Waals surface area contributed by atoms with Crippen LogP contribution in [-0.2, 0) is 11.8 Å². The first-order valence-corrected chi connectivity index (χ1v) is 9.24. The molecule has 7 heteroatoms. The largest absolute Gasteiger partial charge is 0.462 e. The summed E-state index contributed by atoms with van der Waals surface area (Å²) in [5, 5.41) is 5.22. The molecule has 0 amide bonds. The van der Waals surface area contributed by atoms with Crippen molar-refractivity contribution in [3.8, 4) is 0 Å². The first kappa shape index (κ1) is 17.5. The second kappa shape index (κ2) is 6.98. The highest BCUT2D eigenvalue weighted by atomic mass is 16.5. The van der Waals surface area contributed by atoms with E-state index in [0.717, 1.165) is 35.2 Å². The van der Waals surface area contributed by atoms with Crippen molar-refractivity contribution >= 4 is 22.7 Å². The Hall–Kier alpha value is -2.96. The number of esters is 1. The number of ether oxygens (including phenoxy) is 1. The van der Waals surface area contributed by atoms with Gasteiger partial charge in [-0.15, -0.1) is 0 Å². The maximum atomic E-state index is 12.7. The zero-order valence-electron chi connectivity index (χ0n) is 15.8. The molecule has 7 nitrogen and oxygen atoms in total. The molecule has 0 spiro atoms. The molecule has 4 heterocycles. The quantitative estimate of drug-likeness (QED) is 0.662. The van der Waals surface area contributed by atoms with Crippen LogP contribution in [0.25, 0.3) is 11.0 Å². The Balaban J connectivity index is 1.90. The van der Waals surface area contributed by atoms with Gasteiger partial charge < -0.3 is 9.64 Å². The van der Waals surface area contributed by atoms with Crippen molar-refractivity contribution in [3.05, 3.63) is 48.0 Å². The lowest BCUT2D eigenvalue weighted by atomic mass is 10.0. The monoisotopic (exact) mass is 365 g/mol. The van der Waals surface area contributed by atoms with Crippen LogP contribution in [0.5, 0.6) is 0 Å². The zero-order chi connectivity index (χ0) is 19.0. The minimum Gasteiger partial charge on any atom is -0.462 e. The van der Waals surface area contributed by atoms with Gasteiger partial charge in [0, 0.05) is 32.2 Å². The van der Waals surface area contributed by atoms with E-state index in [0.29, 0.717) is 18.1 Å². The molecule has 1 aliphatic heterocycles. The summed E-state index contributed by atoms with van der Waals surface area (Å²) < 4.78 is 7.04. The molecule has 2 unspecified atom stereocenters. The summed E-state index contributed by atoms with van der Waals surface area (Å²) >= 11 is 0. The van der Waals surface area contributed by atoms with E-state index in [-0.39, 0.29) is 12.0 Å². The number of hydrogen-bond acceptors (Lipinski definition) is 6. The molecular weight excluding hydrogens is 342 g/mol. The fraction of sp³-hybridized carbons (Fsp3) is 0.400. The predicted octanol–water partition coefficient (Wildman–Crippen LogP) is 3.13. The molecule has 0 aliphatic carbocycles. The van der Waals surface area contributed by atoms with Crippen molar-refractivity contribution in [3.63, 3.8) is 0 Å². The molecule has 0 saturated carbocycles. The van der Waals surface area contributed by atoms with Gasteiger partial charge in [0.2, 0.25) is 0 Å². The van der Waals surface area contributed by atoms with Gasteiger partial charge >= 0.3 is 5.97 Å². The fourth-order valence-corrected chi connectivity index (χ4v) is 3.93. The molecule has 3 aromatic rings. The normalized spacial score (nSPS) is 19.6. The van der Waals surface area contributed by atoms with E-state index in [1.165, 1.54) is 0 Å². The molecule has 140 valence electrons. The number of hydrogen-bond donors (Lipinski definition) is 0. The van der Waals surface area contributed by atoms with Crippen LogP contribution in [0.3, 0.4) is 0 Å². The van der Waals surface area contributed by atoms with Crippen molar-refractivity contribution in [2.45, 2.75) is 26.3 Å². The van der Waals surface area contributed by atoms with Gasteiger partial charge in [0.25, 0.3) is 0 Å². The zero-order valence-corrected chi connectivity index (χ0v) is 15.8. The molecule has 0 aromatic carbocycles. The Bertz CT molecular complexity index is 969. The smallest absolute Gasteiger partial charge is 0.341 e. The molecule has 0 bridgehead atoms. The van der Waals surface area contributed by atoms with Crippen LogP contribution in [0.2, 0.25) is 0 Å². The Morgan fingerprint density at radius 2 is 2.19 bits per heavy atom. The third kappa shape index (κ3) is 3.03.